The number of anilines is 1. The lowest BCUT2D eigenvalue weighted by atomic mass is 10.2. The third kappa shape index (κ3) is 1.72. The minimum atomic E-state index is 0.186. The van der Waals surface area contributed by atoms with Gasteiger partial charge in [0.25, 0.3) is 0 Å². The van der Waals surface area contributed by atoms with Crippen molar-refractivity contribution in [3.63, 3.8) is 0 Å². The second kappa shape index (κ2) is 3.20. The molecule has 1 aromatic carbocycles. The Hall–Kier alpha value is -1.06. The molecule has 0 saturated carbocycles. The third-order valence-corrected chi connectivity index (χ3v) is 1.18. The highest BCUT2D eigenvalue weighted by Crippen LogP contribution is 2.06. The summed E-state index contributed by atoms with van der Waals surface area (Å²) in [4.78, 5) is 3.93. The van der Waals surface area contributed by atoms with Gasteiger partial charge in [-0.15, -0.1) is 0 Å². The van der Waals surface area contributed by atoms with Gasteiger partial charge >= 0.3 is 0 Å². The van der Waals surface area contributed by atoms with Gasteiger partial charge in [0.1, 0.15) is 6.61 Å². The van der Waals surface area contributed by atoms with Gasteiger partial charge in [-0.25, -0.2) is 4.89 Å². The Morgan fingerprint density at radius 2 is 2.30 bits per heavy atom. The standard InChI is InChI=1S/C7H9NO2/c8-7-3-1-2-6(4-7)5-10-9/h1-4,9H,5,8H2. The van der Waals surface area contributed by atoms with Crippen LogP contribution in [0.25, 0.3) is 0 Å². The van der Waals surface area contributed by atoms with Gasteiger partial charge in [0.15, 0.2) is 0 Å². The van der Waals surface area contributed by atoms with Gasteiger partial charge in [-0.1, -0.05) is 12.1 Å². The molecule has 1 aromatic rings. The summed E-state index contributed by atoms with van der Waals surface area (Å²) in [5.41, 5.74) is 6.99. The van der Waals surface area contributed by atoms with E-state index in [1.54, 1.807) is 12.1 Å². The SMILES string of the molecule is Nc1cccc(COO)c1. The fourth-order valence-electron chi connectivity index (χ4n) is 0.757. The molecule has 3 heteroatoms. The number of hydrogen-bond donors (Lipinski definition) is 2. The maximum absolute atomic E-state index is 8.07. The first-order valence-corrected chi connectivity index (χ1v) is 2.93. The predicted octanol–water partition coefficient (Wildman–Crippen LogP) is 1.26. The molecular weight excluding hydrogens is 130 g/mol. The molecule has 0 saturated heterocycles. The summed E-state index contributed by atoms with van der Waals surface area (Å²) < 4.78 is 0. The molecule has 0 aliphatic heterocycles. The Morgan fingerprint density at radius 3 is 2.90 bits per heavy atom. The van der Waals surface area contributed by atoms with E-state index in [-0.39, 0.29) is 6.61 Å². The van der Waals surface area contributed by atoms with Crippen molar-refractivity contribution < 1.29 is 10.1 Å². The highest BCUT2D eigenvalue weighted by Gasteiger charge is 1.90. The lowest BCUT2D eigenvalue weighted by molar-refractivity contribution is -0.252. The summed E-state index contributed by atoms with van der Waals surface area (Å²) in [7, 11) is 0. The van der Waals surface area contributed by atoms with E-state index in [0.29, 0.717) is 5.69 Å². The van der Waals surface area contributed by atoms with Crippen molar-refractivity contribution in [3.05, 3.63) is 29.8 Å². The second-order valence-electron chi connectivity index (χ2n) is 2.02. The lowest BCUT2D eigenvalue weighted by Gasteiger charge is -1.97. The molecule has 0 radical (unpaired) electrons. The van der Waals surface area contributed by atoms with Crippen LogP contribution in [-0.4, -0.2) is 5.26 Å². The van der Waals surface area contributed by atoms with Crippen LogP contribution >= 0.6 is 0 Å². The maximum atomic E-state index is 8.07. The number of nitrogens with two attached hydrogens (primary N) is 1. The largest absolute Gasteiger partial charge is 0.399 e. The molecule has 0 atom stereocenters. The molecule has 3 nitrogen and oxygen atoms in total. The quantitative estimate of drug-likeness (QED) is 0.368. The Kier molecular flexibility index (Phi) is 2.25. The molecule has 0 amide bonds. The normalized spacial score (nSPS) is 9.70. The summed E-state index contributed by atoms with van der Waals surface area (Å²) >= 11 is 0. The number of hydrogen-bond acceptors (Lipinski definition) is 3. The second-order valence-corrected chi connectivity index (χ2v) is 2.02. The zero-order chi connectivity index (χ0) is 7.40. The van der Waals surface area contributed by atoms with Crippen LogP contribution in [0.3, 0.4) is 0 Å². The van der Waals surface area contributed by atoms with Gasteiger partial charge in [-0.05, 0) is 17.7 Å². The van der Waals surface area contributed by atoms with E-state index in [9.17, 15) is 0 Å². The van der Waals surface area contributed by atoms with Crippen molar-refractivity contribution in [2.24, 2.45) is 0 Å². The highest BCUT2D eigenvalue weighted by molar-refractivity contribution is 5.40. The molecule has 0 heterocycles. The van der Waals surface area contributed by atoms with Gasteiger partial charge in [-0.2, -0.15) is 0 Å². The Morgan fingerprint density at radius 1 is 1.50 bits per heavy atom. The van der Waals surface area contributed by atoms with Crippen molar-refractivity contribution in [1.82, 2.24) is 0 Å². The third-order valence-electron chi connectivity index (χ3n) is 1.18. The molecule has 0 fully saturated rings. The van der Waals surface area contributed by atoms with E-state index in [1.165, 1.54) is 0 Å². The van der Waals surface area contributed by atoms with Gasteiger partial charge in [0.2, 0.25) is 0 Å². The van der Waals surface area contributed by atoms with Gasteiger partial charge < -0.3 is 5.73 Å². The fraction of sp³-hybridized carbons (Fsp3) is 0.143. The van der Waals surface area contributed by atoms with Crippen molar-refractivity contribution in [2.45, 2.75) is 6.61 Å². The van der Waals surface area contributed by atoms with Crippen molar-refractivity contribution >= 4 is 5.69 Å². The molecule has 0 spiro atoms. The van der Waals surface area contributed by atoms with E-state index >= 15 is 0 Å². The van der Waals surface area contributed by atoms with Crippen LogP contribution in [0.4, 0.5) is 5.69 Å². The van der Waals surface area contributed by atoms with Crippen LogP contribution in [-0.2, 0) is 11.5 Å². The summed E-state index contributed by atoms with van der Waals surface area (Å²) in [5.74, 6) is 0. The van der Waals surface area contributed by atoms with Crippen molar-refractivity contribution in [2.75, 3.05) is 5.73 Å². The van der Waals surface area contributed by atoms with Gasteiger partial charge in [0, 0.05) is 5.69 Å². The molecule has 0 aliphatic carbocycles. The maximum Gasteiger partial charge on any atom is 0.107 e. The molecule has 54 valence electrons. The van der Waals surface area contributed by atoms with E-state index in [1.807, 2.05) is 12.1 Å². The van der Waals surface area contributed by atoms with E-state index in [0.717, 1.165) is 5.56 Å². The van der Waals surface area contributed by atoms with Crippen LogP contribution in [0.2, 0.25) is 0 Å². The molecule has 0 bridgehead atoms. The molecule has 10 heavy (non-hydrogen) atoms. The van der Waals surface area contributed by atoms with Crippen LogP contribution in [0, 0.1) is 0 Å². The zero-order valence-corrected chi connectivity index (χ0v) is 5.45. The monoisotopic (exact) mass is 139 g/mol. The van der Waals surface area contributed by atoms with Crippen LogP contribution < -0.4 is 5.73 Å². The molecular formula is C7H9NO2. The van der Waals surface area contributed by atoms with Crippen LogP contribution in [0.1, 0.15) is 5.56 Å². The first-order valence-electron chi connectivity index (χ1n) is 2.93. The van der Waals surface area contributed by atoms with Crippen LogP contribution in [0.15, 0.2) is 24.3 Å². The minimum absolute atomic E-state index is 0.186. The van der Waals surface area contributed by atoms with E-state index in [4.69, 9.17) is 11.0 Å². The fourth-order valence-corrected chi connectivity index (χ4v) is 0.757. The smallest absolute Gasteiger partial charge is 0.107 e. The van der Waals surface area contributed by atoms with E-state index in [2.05, 4.69) is 4.89 Å². The number of nitrogen functional groups attached to an aromatic ring is 1. The average molecular weight is 139 g/mol. The molecule has 0 aliphatic rings. The minimum Gasteiger partial charge on any atom is -0.399 e. The topological polar surface area (TPSA) is 55.5 Å². The predicted molar refractivity (Wildman–Crippen MR) is 38.3 cm³/mol. The molecule has 3 N–H and O–H groups in total. The summed E-state index contributed by atoms with van der Waals surface area (Å²) in [6.07, 6.45) is 0. The Balaban J connectivity index is 2.75. The summed E-state index contributed by atoms with van der Waals surface area (Å²) in [6, 6.07) is 7.16. The van der Waals surface area contributed by atoms with E-state index < -0.39 is 0 Å². The van der Waals surface area contributed by atoms with Gasteiger partial charge in [0.05, 0.1) is 0 Å². The Labute approximate surface area is 59.0 Å². The number of benzene rings is 1. The van der Waals surface area contributed by atoms with Gasteiger partial charge in [-0.3, -0.25) is 5.26 Å². The molecule has 0 aromatic heterocycles. The van der Waals surface area contributed by atoms with Crippen LogP contribution in [0.5, 0.6) is 0 Å². The lowest BCUT2D eigenvalue weighted by Crippen LogP contribution is -1.90. The number of rotatable bonds is 2. The Bertz CT molecular complexity index is 213. The summed E-state index contributed by atoms with van der Waals surface area (Å²) in [5, 5.41) is 8.07. The first-order chi connectivity index (χ1) is 4.83. The molecule has 0 unspecified atom stereocenters. The van der Waals surface area contributed by atoms with Crippen molar-refractivity contribution in [3.8, 4) is 0 Å². The average Bonchev–Trinajstić information content (AvgIpc) is 1.88. The highest BCUT2D eigenvalue weighted by atomic mass is 17.1. The zero-order valence-electron chi connectivity index (χ0n) is 5.45. The molecule has 1 rings (SSSR count). The van der Waals surface area contributed by atoms with Crippen molar-refractivity contribution in [1.29, 1.82) is 0 Å². The summed E-state index contributed by atoms with van der Waals surface area (Å²) in [6.45, 7) is 0.186. The first kappa shape index (κ1) is 7.05.